The lowest BCUT2D eigenvalue weighted by Gasteiger charge is -2.12. The Bertz CT molecular complexity index is 983. The number of aromatic nitrogens is 2. The normalized spacial score (nSPS) is 13.6. The van der Waals surface area contributed by atoms with Crippen molar-refractivity contribution in [2.45, 2.75) is 19.6 Å². The van der Waals surface area contributed by atoms with Crippen LogP contribution in [0.15, 0.2) is 42.5 Å². The van der Waals surface area contributed by atoms with Gasteiger partial charge in [0.1, 0.15) is 6.54 Å². The van der Waals surface area contributed by atoms with E-state index in [1.165, 1.54) is 0 Å². The van der Waals surface area contributed by atoms with Gasteiger partial charge in [0.05, 0.1) is 17.1 Å². The van der Waals surface area contributed by atoms with Crippen molar-refractivity contribution in [3.63, 3.8) is 0 Å². The van der Waals surface area contributed by atoms with Gasteiger partial charge in [0.15, 0.2) is 11.5 Å². The van der Waals surface area contributed by atoms with E-state index in [9.17, 15) is 9.90 Å². The second kappa shape index (κ2) is 7.16. The van der Waals surface area contributed by atoms with E-state index in [0.717, 1.165) is 11.0 Å². The summed E-state index contributed by atoms with van der Waals surface area (Å²) in [6.07, 6.45) is -0.527. The molecule has 0 radical (unpaired) electrons. The molecular formula is C19H20N4O4. The topological polar surface area (TPSA) is 97.6 Å². The summed E-state index contributed by atoms with van der Waals surface area (Å²) in [7, 11) is 0. The predicted molar refractivity (Wildman–Crippen MR) is 101 cm³/mol. The van der Waals surface area contributed by atoms with Crippen LogP contribution in [0.3, 0.4) is 0 Å². The molecule has 8 heteroatoms. The number of aliphatic hydroxyl groups is 1. The maximum absolute atomic E-state index is 12.6. The molecule has 0 aliphatic carbocycles. The Morgan fingerprint density at radius 3 is 2.93 bits per heavy atom. The first kappa shape index (κ1) is 17.2. The summed E-state index contributed by atoms with van der Waals surface area (Å²) in [6, 6.07) is 12.8. The number of anilines is 2. The summed E-state index contributed by atoms with van der Waals surface area (Å²) in [5.41, 5.74) is 2.25. The van der Waals surface area contributed by atoms with Gasteiger partial charge in [-0.2, -0.15) is 0 Å². The van der Waals surface area contributed by atoms with E-state index in [-0.39, 0.29) is 19.2 Å². The molecule has 0 bridgehead atoms. The Morgan fingerprint density at radius 2 is 2.07 bits per heavy atom. The molecule has 27 heavy (non-hydrogen) atoms. The Balaban J connectivity index is 1.54. The molecule has 0 fully saturated rings. The average Bonchev–Trinajstić information content (AvgIpc) is 3.24. The smallest absolute Gasteiger partial charge is 0.244 e. The molecule has 0 saturated carbocycles. The molecular weight excluding hydrogens is 348 g/mol. The number of para-hydroxylation sites is 2. The second-order valence-corrected chi connectivity index (χ2v) is 6.36. The summed E-state index contributed by atoms with van der Waals surface area (Å²) in [5, 5.41) is 15.5. The number of hydrogen-bond acceptors (Lipinski definition) is 6. The van der Waals surface area contributed by atoms with Gasteiger partial charge in [0.2, 0.25) is 18.6 Å². The van der Waals surface area contributed by atoms with Crippen LogP contribution in [0.1, 0.15) is 6.92 Å². The van der Waals surface area contributed by atoms with Crippen molar-refractivity contribution in [1.82, 2.24) is 9.55 Å². The van der Waals surface area contributed by atoms with Crippen molar-refractivity contribution in [2.24, 2.45) is 0 Å². The van der Waals surface area contributed by atoms with Crippen LogP contribution >= 0.6 is 0 Å². The van der Waals surface area contributed by atoms with E-state index in [0.29, 0.717) is 29.7 Å². The summed E-state index contributed by atoms with van der Waals surface area (Å²) in [5.74, 6) is 1.62. The highest BCUT2D eigenvalue weighted by Crippen LogP contribution is 2.34. The molecule has 1 aliphatic heterocycles. The molecule has 140 valence electrons. The van der Waals surface area contributed by atoms with Crippen LogP contribution in [-0.2, 0) is 11.3 Å². The summed E-state index contributed by atoms with van der Waals surface area (Å²) in [4.78, 5) is 17.1. The average molecular weight is 368 g/mol. The van der Waals surface area contributed by atoms with Gasteiger partial charge in [-0.25, -0.2) is 4.98 Å². The van der Waals surface area contributed by atoms with E-state index in [2.05, 4.69) is 15.6 Å². The second-order valence-electron chi connectivity index (χ2n) is 6.36. The summed E-state index contributed by atoms with van der Waals surface area (Å²) < 4.78 is 12.4. The molecule has 1 unspecified atom stereocenters. The zero-order chi connectivity index (χ0) is 18.8. The minimum Gasteiger partial charge on any atom is -0.454 e. The van der Waals surface area contributed by atoms with Gasteiger partial charge in [-0.15, -0.1) is 0 Å². The van der Waals surface area contributed by atoms with Gasteiger partial charge in [0.25, 0.3) is 0 Å². The van der Waals surface area contributed by atoms with Crippen LogP contribution < -0.4 is 20.1 Å². The van der Waals surface area contributed by atoms with Crippen LogP contribution in [-0.4, -0.2) is 40.0 Å². The van der Waals surface area contributed by atoms with E-state index < -0.39 is 6.10 Å². The lowest BCUT2D eigenvalue weighted by Crippen LogP contribution is -2.22. The number of ether oxygens (including phenoxy) is 2. The van der Waals surface area contributed by atoms with Crippen LogP contribution in [0.25, 0.3) is 11.0 Å². The lowest BCUT2D eigenvalue weighted by molar-refractivity contribution is -0.116. The third kappa shape index (κ3) is 3.65. The molecule has 2 aromatic carbocycles. The van der Waals surface area contributed by atoms with Gasteiger partial charge in [-0.1, -0.05) is 12.1 Å². The Hall–Kier alpha value is -3.26. The zero-order valence-corrected chi connectivity index (χ0v) is 14.8. The number of rotatable bonds is 6. The minimum atomic E-state index is -0.527. The monoisotopic (exact) mass is 368 g/mol. The third-order valence-electron chi connectivity index (χ3n) is 4.17. The molecule has 0 saturated heterocycles. The molecule has 1 aliphatic rings. The molecule has 0 spiro atoms. The van der Waals surface area contributed by atoms with Crippen molar-refractivity contribution >= 4 is 28.6 Å². The number of imidazole rings is 1. The number of fused-ring (bicyclic) bond motifs is 2. The highest BCUT2D eigenvalue weighted by Gasteiger charge is 2.16. The van der Waals surface area contributed by atoms with Gasteiger partial charge in [-0.05, 0) is 31.2 Å². The van der Waals surface area contributed by atoms with E-state index >= 15 is 0 Å². The molecule has 1 aromatic heterocycles. The Kier molecular flexibility index (Phi) is 4.55. The van der Waals surface area contributed by atoms with Gasteiger partial charge in [-0.3, -0.25) is 4.79 Å². The Morgan fingerprint density at radius 1 is 1.26 bits per heavy atom. The van der Waals surface area contributed by atoms with Crippen LogP contribution in [0.2, 0.25) is 0 Å². The minimum absolute atomic E-state index is 0.0805. The van der Waals surface area contributed by atoms with E-state index in [1.807, 2.05) is 24.3 Å². The molecule has 1 atom stereocenters. The number of benzene rings is 2. The van der Waals surface area contributed by atoms with E-state index in [1.54, 1.807) is 29.7 Å². The van der Waals surface area contributed by atoms with Crippen LogP contribution in [0.4, 0.5) is 11.6 Å². The number of aliphatic hydroxyl groups excluding tert-OH is 1. The zero-order valence-electron chi connectivity index (χ0n) is 14.8. The van der Waals surface area contributed by atoms with Crippen molar-refractivity contribution in [3.05, 3.63) is 42.5 Å². The quantitative estimate of drug-likeness (QED) is 0.617. The first-order valence-corrected chi connectivity index (χ1v) is 8.67. The predicted octanol–water partition coefficient (Wildman–Crippen LogP) is 2.20. The van der Waals surface area contributed by atoms with Crippen LogP contribution in [0.5, 0.6) is 11.5 Å². The highest BCUT2D eigenvalue weighted by atomic mass is 16.7. The van der Waals surface area contributed by atoms with Gasteiger partial charge < -0.3 is 29.8 Å². The van der Waals surface area contributed by atoms with Gasteiger partial charge >= 0.3 is 0 Å². The molecule has 4 rings (SSSR count). The fourth-order valence-corrected chi connectivity index (χ4v) is 2.93. The van der Waals surface area contributed by atoms with Crippen molar-refractivity contribution in [3.8, 4) is 11.5 Å². The molecule has 8 nitrogen and oxygen atoms in total. The largest absolute Gasteiger partial charge is 0.454 e. The van der Waals surface area contributed by atoms with Crippen molar-refractivity contribution in [1.29, 1.82) is 0 Å². The number of nitrogens with one attached hydrogen (secondary N) is 2. The fourth-order valence-electron chi connectivity index (χ4n) is 2.93. The lowest BCUT2D eigenvalue weighted by atomic mass is 10.2. The first-order chi connectivity index (χ1) is 13.1. The molecule has 3 N–H and O–H groups in total. The highest BCUT2D eigenvalue weighted by molar-refractivity contribution is 5.92. The number of nitrogens with zero attached hydrogens (tertiary/aromatic N) is 2. The fraction of sp³-hybridized carbons (Fsp3) is 0.263. The summed E-state index contributed by atoms with van der Waals surface area (Å²) in [6.45, 7) is 2.29. The Labute approximate surface area is 155 Å². The first-order valence-electron chi connectivity index (χ1n) is 8.67. The standard InChI is InChI=1S/C19H20N4O4/c1-12(24)9-20-19-22-14-4-2-3-5-15(14)23(19)10-18(25)21-13-6-7-16-17(8-13)27-11-26-16/h2-8,12,24H,9-11H2,1H3,(H,20,22)(H,21,25). The molecule has 2 heterocycles. The SMILES string of the molecule is CC(O)CNc1nc2ccccc2n1CC(=O)Nc1ccc2c(c1)OCO2. The molecule has 3 aromatic rings. The van der Waals surface area contributed by atoms with Gasteiger partial charge in [0, 0.05) is 18.3 Å². The van der Waals surface area contributed by atoms with E-state index in [4.69, 9.17) is 9.47 Å². The summed E-state index contributed by atoms with van der Waals surface area (Å²) >= 11 is 0. The number of carbonyl (C=O) groups is 1. The molecule has 1 amide bonds. The van der Waals surface area contributed by atoms with Crippen molar-refractivity contribution < 1.29 is 19.4 Å². The third-order valence-corrected chi connectivity index (χ3v) is 4.17. The number of amides is 1. The number of hydrogen-bond donors (Lipinski definition) is 3. The van der Waals surface area contributed by atoms with Crippen molar-refractivity contribution in [2.75, 3.05) is 24.0 Å². The maximum Gasteiger partial charge on any atom is 0.244 e. The number of carbonyl (C=O) groups excluding carboxylic acids is 1. The maximum atomic E-state index is 12.6. The van der Waals surface area contributed by atoms with Crippen LogP contribution in [0, 0.1) is 0 Å².